The van der Waals surface area contributed by atoms with Crippen LogP contribution in [-0.4, -0.2) is 17.5 Å². The Labute approximate surface area is 85.8 Å². The molecular weight excluding hydrogens is 178 g/mol. The first kappa shape index (κ1) is 9.85. The smallest absolute Gasteiger partial charge is 0.00829 e. The summed E-state index contributed by atoms with van der Waals surface area (Å²) in [6.07, 6.45) is 8.58. The second kappa shape index (κ2) is 4.70. The Bertz CT molecular complexity index is 154. The third-order valence-electron chi connectivity index (χ3n) is 3.64. The van der Waals surface area contributed by atoms with Gasteiger partial charge in [0.1, 0.15) is 0 Å². The fourth-order valence-corrected chi connectivity index (χ4v) is 4.02. The summed E-state index contributed by atoms with van der Waals surface area (Å²) in [4.78, 5) is 0. The van der Waals surface area contributed by atoms with Crippen LogP contribution in [0.4, 0.5) is 0 Å². The maximum atomic E-state index is 6.14. The zero-order valence-electron chi connectivity index (χ0n) is 8.37. The molecule has 1 aliphatic heterocycles. The van der Waals surface area contributed by atoms with E-state index in [9.17, 15) is 0 Å². The first-order valence-electron chi connectivity index (χ1n) is 5.69. The highest BCUT2D eigenvalue weighted by molar-refractivity contribution is 7.99. The molecule has 2 fully saturated rings. The Morgan fingerprint density at radius 2 is 1.92 bits per heavy atom. The van der Waals surface area contributed by atoms with Gasteiger partial charge in [0.25, 0.3) is 0 Å². The minimum Gasteiger partial charge on any atom is -0.327 e. The second-order valence-corrected chi connectivity index (χ2v) is 5.82. The van der Waals surface area contributed by atoms with Gasteiger partial charge >= 0.3 is 0 Å². The maximum absolute atomic E-state index is 6.14. The zero-order chi connectivity index (χ0) is 9.10. The van der Waals surface area contributed by atoms with Gasteiger partial charge in [0, 0.05) is 6.04 Å². The lowest BCUT2D eigenvalue weighted by Gasteiger charge is -2.30. The van der Waals surface area contributed by atoms with Crippen molar-refractivity contribution in [2.75, 3.05) is 11.5 Å². The van der Waals surface area contributed by atoms with Crippen LogP contribution in [0.1, 0.15) is 38.5 Å². The Kier molecular flexibility index (Phi) is 3.56. The van der Waals surface area contributed by atoms with Gasteiger partial charge in [0.05, 0.1) is 0 Å². The second-order valence-electron chi connectivity index (χ2n) is 4.67. The van der Waals surface area contributed by atoms with E-state index in [0.29, 0.717) is 6.04 Å². The van der Waals surface area contributed by atoms with E-state index < -0.39 is 0 Å². The van der Waals surface area contributed by atoms with Crippen LogP contribution >= 0.6 is 11.8 Å². The summed E-state index contributed by atoms with van der Waals surface area (Å²) >= 11 is 2.11. The molecule has 0 aromatic rings. The lowest BCUT2D eigenvalue weighted by atomic mass is 9.88. The summed E-state index contributed by atoms with van der Waals surface area (Å²) in [6, 6.07) is 0.516. The van der Waals surface area contributed by atoms with Crippen LogP contribution in [0.25, 0.3) is 0 Å². The van der Waals surface area contributed by atoms with E-state index in [2.05, 4.69) is 11.8 Å². The van der Waals surface area contributed by atoms with Gasteiger partial charge < -0.3 is 5.73 Å². The fourth-order valence-electron chi connectivity index (χ4n) is 2.73. The highest BCUT2D eigenvalue weighted by atomic mass is 32.2. The van der Waals surface area contributed by atoms with Gasteiger partial charge in [-0.05, 0) is 36.2 Å². The van der Waals surface area contributed by atoms with Gasteiger partial charge in [-0.25, -0.2) is 0 Å². The molecule has 76 valence electrons. The molecule has 2 N–H and O–H groups in total. The number of hydrogen-bond donors (Lipinski definition) is 1. The molecule has 1 saturated heterocycles. The molecule has 1 heterocycles. The lowest BCUT2D eigenvalue weighted by Crippen LogP contribution is -2.36. The molecule has 1 saturated carbocycles. The monoisotopic (exact) mass is 199 g/mol. The van der Waals surface area contributed by atoms with Crippen LogP contribution in [-0.2, 0) is 0 Å². The van der Waals surface area contributed by atoms with E-state index in [-0.39, 0.29) is 0 Å². The average molecular weight is 199 g/mol. The van der Waals surface area contributed by atoms with Crippen molar-refractivity contribution in [3.63, 3.8) is 0 Å². The molecule has 2 rings (SSSR count). The van der Waals surface area contributed by atoms with E-state index in [1.807, 2.05) is 0 Å². The van der Waals surface area contributed by atoms with Crippen LogP contribution < -0.4 is 5.73 Å². The van der Waals surface area contributed by atoms with Crippen LogP contribution in [0.15, 0.2) is 0 Å². The SMILES string of the molecule is NC1CCSCC1CC1CCCC1. The molecule has 0 radical (unpaired) electrons. The van der Waals surface area contributed by atoms with Gasteiger partial charge in [-0.15, -0.1) is 0 Å². The molecule has 2 aliphatic rings. The van der Waals surface area contributed by atoms with E-state index in [0.717, 1.165) is 11.8 Å². The van der Waals surface area contributed by atoms with Gasteiger partial charge in [0.2, 0.25) is 0 Å². The fraction of sp³-hybridized carbons (Fsp3) is 1.00. The first-order chi connectivity index (χ1) is 6.36. The molecule has 0 amide bonds. The summed E-state index contributed by atoms with van der Waals surface area (Å²) in [5.41, 5.74) is 6.14. The Morgan fingerprint density at radius 1 is 1.15 bits per heavy atom. The summed E-state index contributed by atoms with van der Waals surface area (Å²) < 4.78 is 0. The van der Waals surface area contributed by atoms with Crippen molar-refractivity contribution >= 4 is 11.8 Å². The van der Waals surface area contributed by atoms with E-state index in [1.165, 1.54) is 50.0 Å². The third kappa shape index (κ3) is 2.63. The van der Waals surface area contributed by atoms with Crippen molar-refractivity contribution in [1.29, 1.82) is 0 Å². The minimum absolute atomic E-state index is 0.516. The highest BCUT2D eigenvalue weighted by Crippen LogP contribution is 2.34. The van der Waals surface area contributed by atoms with Crippen molar-refractivity contribution in [3.05, 3.63) is 0 Å². The number of rotatable bonds is 2. The summed E-state index contributed by atoms with van der Waals surface area (Å²) in [5.74, 6) is 4.48. The van der Waals surface area contributed by atoms with Crippen LogP contribution in [0.3, 0.4) is 0 Å². The van der Waals surface area contributed by atoms with Crippen molar-refractivity contribution < 1.29 is 0 Å². The van der Waals surface area contributed by atoms with E-state index in [1.54, 1.807) is 0 Å². The zero-order valence-corrected chi connectivity index (χ0v) is 9.19. The van der Waals surface area contributed by atoms with Gasteiger partial charge in [-0.2, -0.15) is 11.8 Å². The van der Waals surface area contributed by atoms with Gasteiger partial charge in [-0.3, -0.25) is 0 Å². The molecule has 0 aromatic carbocycles. The van der Waals surface area contributed by atoms with E-state index in [4.69, 9.17) is 5.73 Å². The minimum atomic E-state index is 0.516. The Morgan fingerprint density at radius 3 is 2.62 bits per heavy atom. The third-order valence-corrected chi connectivity index (χ3v) is 4.83. The van der Waals surface area contributed by atoms with Gasteiger partial charge in [-0.1, -0.05) is 25.7 Å². The molecule has 2 atom stereocenters. The maximum Gasteiger partial charge on any atom is 0.00829 e. The Hall–Kier alpha value is 0.310. The quantitative estimate of drug-likeness (QED) is 0.740. The summed E-state index contributed by atoms with van der Waals surface area (Å²) in [5, 5.41) is 0. The molecule has 1 nitrogen and oxygen atoms in total. The van der Waals surface area contributed by atoms with E-state index >= 15 is 0 Å². The predicted octanol–water partition coefficient (Wildman–Crippen LogP) is 2.65. The number of hydrogen-bond acceptors (Lipinski definition) is 2. The van der Waals surface area contributed by atoms with Crippen molar-refractivity contribution in [2.24, 2.45) is 17.6 Å². The summed E-state index contributed by atoms with van der Waals surface area (Å²) in [6.45, 7) is 0. The van der Waals surface area contributed by atoms with Crippen molar-refractivity contribution in [1.82, 2.24) is 0 Å². The van der Waals surface area contributed by atoms with Crippen LogP contribution in [0, 0.1) is 11.8 Å². The Balaban J connectivity index is 1.78. The number of nitrogens with two attached hydrogens (primary N) is 1. The van der Waals surface area contributed by atoms with Crippen molar-refractivity contribution in [2.45, 2.75) is 44.6 Å². The predicted molar refractivity (Wildman–Crippen MR) is 60.0 cm³/mol. The molecule has 1 aliphatic carbocycles. The first-order valence-corrected chi connectivity index (χ1v) is 6.85. The molecule has 13 heavy (non-hydrogen) atoms. The molecule has 0 spiro atoms. The molecule has 2 heteroatoms. The van der Waals surface area contributed by atoms with Crippen molar-refractivity contribution in [3.8, 4) is 0 Å². The number of thioether (sulfide) groups is 1. The molecule has 2 unspecified atom stereocenters. The molecule has 0 aromatic heterocycles. The topological polar surface area (TPSA) is 26.0 Å². The molecule has 0 bridgehead atoms. The normalized spacial score (nSPS) is 36.7. The van der Waals surface area contributed by atoms with Gasteiger partial charge in [0.15, 0.2) is 0 Å². The average Bonchev–Trinajstić information content (AvgIpc) is 2.61. The largest absolute Gasteiger partial charge is 0.327 e. The van der Waals surface area contributed by atoms with Crippen LogP contribution in [0.2, 0.25) is 0 Å². The lowest BCUT2D eigenvalue weighted by molar-refractivity contribution is 0.341. The highest BCUT2D eigenvalue weighted by Gasteiger charge is 2.26. The summed E-state index contributed by atoms with van der Waals surface area (Å²) in [7, 11) is 0. The standard InChI is InChI=1S/C11H21NS/c12-11-5-6-13-8-10(11)7-9-3-1-2-4-9/h9-11H,1-8,12H2. The molecular formula is C11H21NS. The van der Waals surface area contributed by atoms with Crippen LogP contribution in [0.5, 0.6) is 0 Å².